The molecule has 0 aliphatic carbocycles. The Hall–Kier alpha value is -3.07. The van der Waals surface area contributed by atoms with Gasteiger partial charge in [-0.15, -0.1) is 0 Å². The number of nitriles is 1. The summed E-state index contributed by atoms with van der Waals surface area (Å²) in [5.74, 6) is -1.84. The number of alkyl halides is 3. The Morgan fingerprint density at radius 1 is 1.15 bits per heavy atom. The summed E-state index contributed by atoms with van der Waals surface area (Å²) in [6.07, 6.45) is -3.01. The molecule has 3 aromatic rings. The number of carbonyl (C=O) groups excluding carboxylic acids is 1. The van der Waals surface area contributed by atoms with E-state index in [1.165, 1.54) is 6.20 Å². The van der Waals surface area contributed by atoms with Crippen LogP contribution in [0.5, 0.6) is 0 Å². The van der Waals surface area contributed by atoms with E-state index < -0.39 is 12.0 Å². The second-order valence-electron chi connectivity index (χ2n) is 5.97. The van der Waals surface area contributed by atoms with Gasteiger partial charge in [-0.25, -0.2) is 0 Å². The van der Waals surface area contributed by atoms with Crippen LogP contribution in [-0.2, 0) is 13.0 Å². The molecule has 0 bridgehead atoms. The number of halogens is 3. The summed E-state index contributed by atoms with van der Waals surface area (Å²) in [4.78, 5) is 11.9. The molecule has 0 radical (unpaired) electrons. The van der Waals surface area contributed by atoms with Gasteiger partial charge in [0.15, 0.2) is 0 Å². The number of carbonyl (C=O) groups is 1. The van der Waals surface area contributed by atoms with E-state index in [1.807, 2.05) is 19.1 Å². The zero-order chi connectivity index (χ0) is 18.9. The van der Waals surface area contributed by atoms with Gasteiger partial charge in [0, 0.05) is 18.1 Å². The second-order valence-corrected chi connectivity index (χ2v) is 5.97. The predicted octanol–water partition coefficient (Wildman–Crippen LogP) is 4.87. The number of Topliss-reactive ketones (excluding diaryl/α,β-unsaturated/α-hetero) is 1. The van der Waals surface area contributed by atoms with Crippen LogP contribution in [0.2, 0.25) is 0 Å². The molecule has 0 N–H and O–H groups in total. The third kappa shape index (κ3) is 3.21. The maximum absolute atomic E-state index is 13.0. The Labute approximate surface area is 148 Å². The SMILES string of the molecule is CCc1cccc2c(C(=O)C(F)(F)F)cn(Cc3ccc(C#N)cc3)c12. The molecule has 26 heavy (non-hydrogen) atoms. The Morgan fingerprint density at radius 2 is 1.85 bits per heavy atom. The standard InChI is InChI=1S/C20H15F3N2O/c1-2-15-4-3-5-16-17(19(26)20(21,22)23)12-25(18(15)16)11-14-8-6-13(10-24)7-9-14/h3-9,12H,2,11H2,1H3. The van der Waals surface area contributed by atoms with Crippen LogP contribution in [0.3, 0.4) is 0 Å². The van der Waals surface area contributed by atoms with Gasteiger partial charge in [0.1, 0.15) is 0 Å². The molecule has 132 valence electrons. The lowest BCUT2D eigenvalue weighted by molar-refractivity contribution is -0.0884. The fourth-order valence-corrected chi connectivity index (χ4v) is 3.06. The van der Waals surface area contributed by atoms with E-state index in [0.717, 1.165) is 11.1 Å². The van der Waals surface area contributed by atoms with E-state index in [-0.39, 0.29) is 5.56 Å². The van der Waals surface area contributed by atoms with Crippen LogP contribution in [0.25, 0.3) is 10.9 Å². The van der Waals surface area contributed by atoms with E-state index in [2.05, 4.69) is 0 Å². The van der Waals surface area contributed by atoms with Crippen molar-refractivity contribution in [3.8, 4) is 6.07 Å². The fraction of sp³-hybridized carbons (Fsp3) is 0.200. The fourth-order valence-electron chi connectivity index (χ4n) is 3.06. The summed E-state index contributed by atoms with van der Waals surface area (Å²) >= 11 is 0. The van der Waals surface area contributed by atoms with Crippen molar-refractivity contribution >= 4 is 16.7 Å². The van der Waals surface area contributed by atoms with Crippen molar-refractivity contribution in [1.82, 2.24) is 4.57 Å². The number of aryl methyl sites for hydroxylation is 1. The van der Waals surface area contributed by atoms with Crippen LogP contribution in [0, 0.1) is 11.3 Å². The molecular weight excluding hydrogens is 341 g/mol. The smallest absolute Gasteiger partial charge is 0.342 e. The number of benzene rings is 2. The van der Waals surface area contributed by atoms with Gasteiger partial charge in [0.25, 0.3) is 5.78 Å². The van der Waals surface area contributed by atoms with E-state index in [9.17, 15) is 18.0 Å². The molecule has 1 heterocycles. The highest BCUT2D eigenvalue weighted by molar-refractivity contribution is 6.11. The van der Waals surface area contributed by atoms with Gasteiger partial charge in [-0.2, -0.15) is 18.4 Å². The summed E-state index contributed by atoms with van der Waals surface area (Å²) in [5, 5.41) is 9.18. The minimum absolute atomic E-state index is 0.306. The number of hydrogen-bond acceptors (Lipinski definition) is 2. The molecule has 1 aromatic heterocycles. The van der Waals surface area contributed by atoms with Crippen LogP contribution < -0.4 is 0 Å². The van der Waals surface area contributed by atoms with Crippen molar-refractivity contribution in [3.05, 3.63) is 70.9 Å². The minimum Gasteiger partial charge on any atom is -0.342 e. The first-order valence-corrected chi connectivity index (χ1v) is 8.06. The topological polar surface area (TPSA) is 45.8 Å². The Kier molecular flexibility index (Phi) is 4.56. The molecule has 3 rings (SSSR count). The number of ketones is 1. The van der Waals surface area contributed by atoms with Crippen LogP contribution in [-0.4, -0.2) is 16.5 Å². The highest BCUT2D eigenvalue weighted by atomic mass is 19.4. The van der Waals surface area contributed by atoms with Crippen LogP contribution in [0.15, 0.2) is 48.7 Å². The van der Waals surface area contributed by atoms with Crippen molar-refractivity contribution in [3.63, 3.8) is 0 Å². The molecule has 0 unspecified atom stereocenters. The number of para-hydroxylation sites is 1. The van der Waals surface area contributed by atoms with E-state index in [1.54, 1.807) is 41.0 Å². The molecule has 0 saturated heterocycles. The molecule has 0 fully saturated rings. The van der Waals surface area contributed by atoms with Gasteiger partial charge in [0.05, 0.1) is 22.7 Å². The van der Waals surface area contributed by atoms with Crippen molar-refractivity contribution in [2.75, 3.05) is 0 Å². The number of rotatable bonds is 4. The Bertz CT molecular complexity index is 1010. The van der Waals surface area contributed by atoms with Gasteiger partial charge in [-0.1, -0.05) is 37.3 Å². The number of hydrogen-bond donors (Lipinski definition) is 0. The summed E-state index contributed by atoms with van der Waals surface area (Å²) in [7, 11) is 0. The van der Waals surface area contributed by atoms with Crippen LogP contribution in [0.1, 0.15) is 34.0 Å². The highest BCUT2D eigenvalue weighted by Gasteiger charge is 2.41. The molecule has 0 aliphatic rings. The van der Waals surface area contributed by atoms with Crippen molar-refractivity contribution < 1.29 is 18.0 Å². The van der Waals surface area contributed by atoms with Gasteiger partial charge in [0.2, 0.25) is 0 Å². The second kappa shape index (κ2) is 6.68. The predicted molar refractivity (Wildman–Crippen MR) is 92.0 cm³/mol. The van der Waals surface area contributed by atoms with Gasteiger partial charge < -0.3 is 4.57 Å². The molecule has 0 amide bonds. The molecule has 0 atom stereocenters. The maximum atomic E-state index is 13.0. The average molecular weight is 356 g/mol. The maximum Gasteiger partial charge on any atom is 0.454 e. The summed E-state index contributed by atoms with van der Waals surface area (Å²) in [6.45, 7) is 2.23. The molecule has 3 nitrogen and oxygen atoms in total. The van der Waals surface area contributed by atoms with Crippen molar-refractivity contribution in [2.24, 2.45) is 0 Å². The lowest BCUT2D eigenvalue weighted by Gasteiger charge is -2.09. The van der Waals surface area contributed by atoms with Crippen LogP contribution >= 0.6 is 0 Å². The third-order valence-electron chi connectivity index (χ3n) is 4.30. The quantitative estimate of drug-likeness (QED) is 0.626. The summed E-state index contributed by atoms with van der Waals surface area (Å²) in [6, 6.07) is 13.9. The largest absolute Gasteiger partial charge is 0.454 e. The van der Waals surface area contributed by atoms with Crippen molar-refractivity contribution in [1.29, 1.82) is 5.26 Å². The zero-order valence-electron chi connectivity index (χ0n) is 14.0. The number of nitrogens with zero attached hydrogens (tertiary/aromatic N) is 2. The normalized spacial score (nSPS) is 11.5. The molecule has 0 saturated carbocycles. The first-order valence-electron chi connectivity index (χ1n) is 8.06. The highest BCUT2D eigenvalue weighted by Crippen LogP contribution is 2.31. The van der Waals surface area contributed by atoms with Crippen molar-refractivity contribution in [2.45, 2.75) is 26.1 Å². The Morgan fingerprint density at radius 3 is 2.42 bits per heavy atom. The molecule has 2 aromatic carbocycles. The third-order valence-corrected chi connectivity index (χ3v) is 4.30. The lowest BCUT2D eigenvalue weighted by Crippen LogP contribution is -2.22. The number of fused-ring (bicyclic) bond motifs is 1. The summed E-state index contributed by atoms with van der Waals surface area (Å²) < 4.78 is 40.6. The van der Waals surface area contributed by atoms with E-state index >= 15 is 0 Å². The van der Waals surface area contributed by atoms with Gasteiger partial charge >= 0.3 is 6.18 Å². The average Bonchev–Trinajstić information content (AvgIpc) is 2.99. The first kappa shape index (κ1) is 17.7. The monoisotopic (exact) mass is 356 g/mol. The lowest BCUT2D eigenvalue weighted by atomic mass is 10.0. The van der Waals surface area contributed by atoms with E-state index in [0.29, 0.717) is 29.4 Å². The molecule has 0 spiro atoms. The van der Waals surface area contributed by atoms with Gasteiger partial charge in [-0.3, -0.25) is 4.79 Å². The molecular formula is C20H15F3N2O. The van der Waals surface area contributed by atoms with Gasteiger partial charge in [-0.05, 0) is 29.7 Å². The minimum atomic E-state index is -4.92. The molecule has 6 heteroatoms. The number of aromatic nitrogens is 1. The Balaban J connectivity index is 2.14. The first-order chi connectivity index (χ1) is 12.3. The molecule has 0 aliphatic heterocycles. The summed E-state index contributed by atoms with van der Waals surface area (Å²) in [5.41, 5.74) is 2.51. The van der Waals surface area contributed by atoms with Crippen LogP contribution in [0.4, 0.5) is 13.2 Å². The van der Waals surface area contributed by atoms with E-state index in [4.69, 9.17) is 5.26 Å². The zero-order valence-corrected chi connectivity index (χ0v) is 14.0.